The molecule has 1 aromatic heterocycles. The largest absolute Gasteiger partial charge is 0.496 e. The van der Waals surface area contributed by atoms with E-state index < -0.39 is 6.04 Å². The number of aromatic nitrogens is 2. The minimum Gasteiger partial charge on any atom is -0.496 e. The normalized spacial score (nSPS) is 18.7. The van der Waals surface area contributed by atoms with Crippen LogP contribution in [0.2, 0.25) is 0 Å². The molecule has 0 amide bonds. The van der Waals surface area contributed by atoms with Gasteiger partial charge in [-0.2, -0.15) is 0 Å². The maximum Gasteiger partial charge on any atom is 0.265 e. The van der Waals surface area contributed by atoms with E-state index in [9.17, 15) is 14.4 Å². The number of methoxy groups -OCH3 is 1. The van der Waals surface area contributed by atoms with Gasteiger partial charge in [-0.1, -0.05) is 6.07 Å². The Kier molecular flexibility index (Phi) is 3.52. The van der Waals surface area contributed by atoms with E-state index in [4.69, 9.17) is 4.74 Å². The minimum absolute atomic E-state index is 0.0710. The highest BCUT2D eigenvalue weighted by molar-refractivity contribution is 6.03. The number of ether oxygens (including phenoxy) is 1. The van der Waals surface area contributed by atoms with Crippen LogP contribution in [-0.4, -0.2) is 28.2 Å². The Bertz CT molecular complexity index is 838. The average Bonchev–Trinajstić information content (AvgIpc) is 2.48. The van der Waals surface area contributed by atoms with Crippen LogP contribution in [0.25, 0.3) is 10.9 Å². The highest BCUT2D eigenvalue weighted by Crippen LogP contribution is 2.26. The van der Waals surface area contributed by atoms with Crippen molar-refractivity contribution in [2.45, 2.75) is 32.2 Å². The molecule has 0 N–H and O–H groups in total. The summed E-state index contributed by atoms with van der Waals surface area (Å²) in [4.78, 5) is 40.8. The van der Waals surface area contributed by atoms with Crippen LogP contribution >= 0.6 is 0 Å². The molecule has 6 heteroatoms. The lowest BCUT2D eigenvalue weighted by molar-refractivity contribution is -0.132. The Morgan fingerprint density at radius 1 is 1.27 bits per heavy atom. The van der Waals surface area contributed by atoms with Gasteiger partial charge in [0.25, 0.3) is 5.56 Å². The lowest BCUT2D eigenvalue weighted by Gasteiger charge is -2.24. The molecule has 6 nitrogen and oxygen atoms in total. The van der Waals surface area contributed by atoms with E-state index in [1.165, 1.54) is 11.7 Å². The summed E-state index contributed by atoms with van der Waals surface area (Å²) >= 11 is 0. The number of aryl methyl sites for hydroxylation is 1. The van der Waals surface area contributed by atoms with Crippen molar-refractivity contribution in [1.29, 1.82) is 0 Å². The molecule has 2 aromatic rings. The van der Waals surface area contributed by atoms with Gasteiger partial charge in [0.05, 0.1) is 25.1 Å². The van der Waals surface area contributed by atoms with Gasteiger partial charge in [0.15, 0.2) is 5.78 Å². The Morgan fingerprint density at radius 3 is 2.73 bits per heavy atom. The van der Waals surface area contributed by atoms with E-state index in [2.05, 4.69) is 4.98 Å². The summed E-state index contributed by atoms with van der Waals surface area (Å²) in [6, 6.07) is 4.58. The first-order valence-electron chi connectivity index (χ1n) is 7.13. The molecule has 0 radical (unpaired) electrons. The van der Waals surface area contributed by atoms with E-state index in [1.807, 2.05) is 0 Å². The maximum absolute atomic E-state index is 12.9. The highest BCUT2D eigenvalue weighted by Gasteiger charge is 2.31. The van der Waals surface area contributed by atoms with Gasteiger partial charge in [-0.15, -0.1) is 0 Å². The predicted molar refractivity (Wildman–Crippen MR) is 80.2 cm³/mol. The molecule has 1 heterocycles. The quantitative estimate of drug-likeness (QED) is 0.787. The molecule has 1 aromatic carbocycles. The van der Waals surface area contributed by atoms with Crippen LogP contribution in [0.5, 0.6) is 5.75 Å². The number of rotatable bonds is 2. The first kappa shape index (κ1) is 14.4. The number of hydrogen-bond donors (Lipinski definition) is 0. The van der Waals surface area contributed by atoms with Crippen LogP contribution in [0.3, 0.4) is 0 Å². The fourth-order valence-corrected chi connectivity index (χ4v) is 2.99. The van der Waals surface area contributed by atoms with Crippen molar-refractivity contribution in [1.82, 2.24) is 9.55 Å². The van der Waals surface area contributed by atoms with E-state index in [1.54, 1.807) is 25.1 Å². The first-order chi connectivity index (χ1) is 10.5. The highest BCUT2D eigenvalue weighted by atomic mass is 16.5. The number of benzene rings is 1. The molecule has 3 rings (SSSR count). The molecule has 1 unspecified atom stereocenters. The van der Waals surface area contributed by atoms with Gasteiger partial charge in [-0.05, 0) is 25.5 Å². The summed E-state index contributed by atoms with van der Waals surface area (Å²) < 4.78 is 6.64. The van der Waals surface area contributed by atoms with Crippen molar-refractivity contribution in [3.05, 3.63) is 34.4 Å². The predicted octanol–water partition coefficient (Wildman–Crippen LogP) is 1.58. The van der Waals surface area contributed by atoms with Crippen LogP contribution < -0.4 is 10.3 Å². The fourth-order valence-electron chi connectivity index (χ4n) is 2.99. The number of hydrogen-bond acceptors (Lipinski definition) is 5. The van der Waals surface area contributed by atoms with Crippen molar-refractivity contribution >= 4 is 22.5 Å². The Balaban J connectivity index is 2.24. The van der Waals surface area contributed by atoms with Gasteiger partial charge in [0, 0.05) is 6.42 Å². The SMILES string of the molecule is COc1cccc2nc(C)n(C3CCC(=O)CC3=O)c(=O)c12. The summed E-state index contributed by atoms with van der Waals surface area (Å²) in [5, 5.41) is 0.361. The standard InChI is InChI=1S/C16H16N2O4/c1-9-17-11-4-3-5-14(22-2)15(11)16(21)18(9)12-7-6-10(19)8-13(12)20/h3-5,12H,6-8H2,1-2H3. The summed E-state index contributed by atoms with van der Waals surface area (Å²) in [5.74, 6) is 0.609. The van der Waals surface area contributed by atoms with Gasteiger partial charge in [0.2, 0.25) is 0 Å². The number of Topliss-reactive ketones (excluding diaryl/α,β-unsaturated/α-hetero) is 2. The topological polar surface area (TPSA) is 78.3 Å². The van der Waals surface area contributed by atoms with Gasteiger partial charge in [-0.25, -0.2) is 4.98 Å². The molecule has 1 aliphatic carbocycles. The molecule has 1 aliphatic rings. The Morgan fingerprint density at radius 2 is 2.05 bits per heavy atom. The van der Waals surface area contributed by atoms with Crippen LogP contribution in [0.4, 0.5) is 0 Å². The summed E-state index contributed by atoms with van der Waals surface area (Å²) in [5.41, 5.74) is 0.241. The van der Waals surface area contributed by atoms with Crippen LogP contribution in [-0.2, 0) is 9.59 Å². The Labute approximate surface area is 126 Å². The van der Waals surface area contributed by atoms with Gasteiger partial charge in [0.1, 0.15) is 22.7 Å². The van der Waals surface area contributed by atoms with E-state index in [0.29, 0.717) is 35.3 Å². The average molecular weight is 300 g/mol. The second-order valence-electron chi connectivity index (χ2n) is 5.42. The molecule has 1 saturated carbocycles. The van der Waals surface area contributed by atoms with Crippen LogP contribution in [0.15, 0.2) is 23.0 Å². The summed E-state index contributed by atoms with van der Waals surface area (Å²) in [6.45, 7) is 1.70. The van der Waals surface area contributed by atoms with Gasteiger partial charge >= 0.3 is 0 Å². The van der Waals surface area contributed by atoms with Crippen molar-refractivity contribution in [2.24, 2.45) is 0 Å². The smallest absolute Gasteiger partial charge is 0.265 e. The molecular formula is C16H16N2O4. The van der Waals surface area contributed by atoms with E-state index in [0.717, 1.165) is 0 Å². The van der Waals surface area contributed by atoms with E-state index >= 15 is 0 Å². The van der Waals surface area contributed by atoms with Crippen molar-refractivity contribution < 1.29 is 14.3 Å². The molecular weight excluding hydrogens is 284 g/mol. The minimum atomic E-state index is -0.619. The van der Waals surface area contributed by atoms with E-state index in [-0.39, 0.29) is 23.5 Å². The lowest BCUT2D eigenvalue weighted by atomic mass is 9.92. The van der Waals surface area contributed by atoms with Crippen molar-refractivity contribution in [3.63, 3.8) is 0 Å². The molecule has 22 heavy (non-hydrogen) atoms. The zero-order chi connectivity index (χ0) is 15.9. The lowest BCUT2D eigenvalue weighted by Crippen LogP contribution is -2.36. The second-order valence-corrected chi connectivity index (χ2v) is 5.42. The molecule has 0 saturated heterocycles. The third-order valence-electron chi connectivity index (χ3n) is 4.04. The zero-order valence-corrected chi connectivity index (χ0v) is 12.5. The third kappa shape index (κ3) is 2.20. The summed E-state index contributed by atoms with van der Waals surface area (Å²) in [6.07, 6.45) is 0.549. The molecule has 1 atom stereocenters. The molecule has 0 aliphatic heterocycles. The summed E-state index contributed by atoms with van der Waals surface area (Å²) in [7, 11) is 1.49. The van der Waals surface area contributed by atoms with Gasteiger partial charge in [-0.3, -0.25) is 19.0 Å². The Hall–Kier alpha value is -2.50. The molecule has 1 fully saturated rings. The third-order valence-corrected chi connectivity index (χ3v) is 4.04. The van der Waals surface area contributed by atoms with Crippen molar-refractivity contribution in [2.75, 3.05) is 7.11 Å². The number of nitrogens with zero attached hydrogens (tertiary/aromatic N) is 2. The molecule has 114 valence electrons. The molecule has 0 spiro atoms. The first-order valence-corrected chi connectivity index (χ1v) is 7.13. The van der Waals surface area contributed by atoms with Crippen molar-refractivity contribution in [3.8, 4) is 5.75 Å². The second kappa shape index (κ2) is 5.36. The van der Waals surface area contributed by atoms with Gasteiger partial charge < -0.3 is 4.74 Å². The van der Waals surface area contributed by atoms with Crippen LogP contribution in [0.1, 0.15) is 31.1 Å². The molecule has 0 bridgehead atoms. The maximum atomic E-state index is 12.9. The number of ketones is 2. The fraction of sp³-hybridized carbons (Fsp3) is 0.375. The number of carbonyl (C=O) groups is 2. The monoisotopic (exact) mass is 300 g/mol. The number of carbonyl (C=O) groups excluding carboxylic acids is 2. The van der Waals surface area contributed by atoms with Crippen LogP contribution in [0, 0.1) is 6.92 Å². The number of fused-ring (bicyclic) bond motifs is 1. The zero-order valence-electron chi connectivity index (χ0n) is 12.5.